The molecular weight excluding hydrogens is 278 g/mol. The Balaban J connectivity index is 1.77. The molecule has 0 radical (unpaired) electrons. The van der Waals surface area contributed by atoms with Gasteiger partial charge in [0.2, 0.25) is 0 Å². The molecule has 1 saturated heterocycles. The van der Waals surface area contributed by atoms with Crippen LogP contribution in [0.3, 0.4) is 0 Å². The summed E-state index contributed by atoms with van der Waals surface area (Å²) in [6.07, 6.45) is 3.43. The standard InChI is InChI=1S/C18H27NO3/c1-4-12-21-17-9-7-16(8-10-17)18(20)22-13-11-19-14(2)5-6-15(19)3/h7-10,14-15H,4-6,11-13H2,1-3H3. The molecule has 2 atom stereocenters. The molecule has 22 heavy (non-hydrogen) atoms. The number of nitrogens with zero attached hydrogens (tertiary/aromatic N) is 1. The van der Waals surface area contributed by atoms with Crippen LogP contribution in [0.5, 0.6) is 5.75 Å². The van der Waals surface area contributed by atoms with Gasteiger partial charge >= 0.3 is 5.97 Å². The Morgan fingerprint density at radius 3 is 2.36 bits per heavy atom. The quantitative estimate of drug-likeness (QED) is 0.723. The molecule has 0 spiro atoms. The first-order chi connectivity index (χ1) is 10.6. The average Bonchev–Trinajstić information content (AvgIpc) is 2.85. The topological polar surface area (TPSA) is 38.8 Å². The van der Waals surface area contributed by atoms with Crippen LogP contribution in [0.4, 0.5) is 0 Å². The van der Waals surface area contributed by atoms with E-state index in [4.69, 9.17) is 9.47 Å². The summed E-state index contributed by atoms with van der Waals surface area (Å²) in [5, 5.41) is 0. The van der Waals surface area contributed by atoms with Gasteiger partial charge in [0.05, 0.1) is 12.2 Å². The van der Waals surface area contributed by atoms with Crippen molar-refractivity contribution in [1.29, 1.82) is 0 Å². The Hall–Kier alpha value is -1.55. The third kappa shape index (κ3) is 4.47. The molecule has 122 valence electrons. The summed E-state index contributed by atoms with van der Waals surface area (Å²) in [7, 11) is 0. The zero-order valence-electron chi connectivity index (χ0n) is 13.9. The highest BCUT2D eigenvalue weighted by atomic mass is 16.5. The maximum atomic E-state index is 12.0. The molecule has 1 aliphatic heterocycles. The van der Waals surface area contributed by atoms with Crippen molar-refractivity contribution in [3.63, 3.8) is 0 Å². The lowest BCUT2D eigenvalue weighted by Crippen LogP contribution is -2.35. The predicted molar refractivity (Wildman–Crippen MR) is 87.4 cm³/mol. The van der Waals surface area contributed by atoms with Gasteiger partial charge in [0.25, 0.3) is 0 Å². The fourth-order valence-electron chi connectivity index (χ4n) is 2.92. The minimum Gasteiger partial charge on any atom is -0.494 e. The van der Waals surface area contributed by atoms with Crippen LogP contribution in [-0.2, 0) is 4.74 Å². The van der Waals surface area contributed by atoms with Crippen LogP contribution >= 0.6 is 0 Å². The van der Waals surface area contributed by atoms with E-state index in [1.807, 2.05) is 12.1 Å². The van der Waals surface area contributed by atoms with Crippen LogP contribution in [-0.4, -0.2) is 42.7 Å². The van der Waals surface area contributed by atoms with Gasteiger partial charge in [-0.1, -0.05) is 6.92 Å². The number of rotatable bonds is 7. The van der Waals surface area contributed by atoms with Gasteiger partial charge in [0, 0.05) is 18.6 Å². The summed E-state index contributed by atoms with van der Waals surface area (Å²) >= 11 is 0. The molecule has 2 unspecified atom stereocenters. The van der Waals surface area contributed by atoms with Crippen LogP contribution in [0.25, 0.3) is 0 Å². The Kier molecular flexibility index (Phi) is 6.25. The molecule has 4 nitrogen and oxygen atoms in total. The highest BCUT2D eigenvalue weighted by Gasteiger charge is 2.26. The van der Waals surface area contributed by atoms with Crippen LogP contribution in [0, 0.1) is 0 Å². The third-order valence-electron chi connectivity index (χ3n) is 4.28. The molecule has 1 aliphatic rings. The zero-order valence-corrected chi connectivity index (χ0v) is 13.9. The van der Waals surface area contributed by atoms with Crippen molar-refractivity contribution in [3.8, 4) is 5.75 Å². The molecule has 1 heterocycles. The first-order valence-corrected chi connectivity index (χ1v) is 8.27. The SMILES string of the molecule is CCCOc1ccc(C(=O)OCCN2C(C)CCC2C)cc1. The van der Waals surface area contributed by atoms with Crippen LogP contribution < -0.4 is 4.74 Å². The van der Waals surface area contributed by atoms with Gasteiger partial charge in [-0.15, -0.1) is 0 Å². The lowest BCUT2D eigenvalue weighted by Gasteiger charge is -2.25. The highest BCUT2D eigenvalue weighted by Crippen LogP contribution is 2.22. The minimum atomic E-state index is -0.262. The smallest absolute Gasteiger partial charge is 0.338 e. The second kappa shape index (κ2) is 8.18. The molecule has 0 saturated carbocycles. The lowest BCUT2D eigenvalue weighted by molar-refractivity contribution is 0.0438. The summed E-state index contributed by atoms with van der Waals surface area (Å²) in [6, 6.07) is 8.32. The summed E-state index contributed by atoms with van der Waals surface area (Å²) in [5.74, 6) is 0.527. The van der Waals surface area contributed by atoms with Gasteiger partial charge < -0.3 is 9.47 Å². The number of carbonyl (C=O) groups is 1. The van der Waals surface area contributed by atoms with E-state index in [-0.39, 0.29) is 5.97 Å². The van der Waals surface area contributed by atoms with Crippen molar-refractivity contribution in [2.75, 3.05) is 19.8 Å². The predicted octanol–water partition coefficient (Wildman–Crippen LogP) is 3.51. The first-order valence-electron chi connectivity index (χ1n) is 8.27. The fourth-order valence-corrected chi connectivity index (χ4v) is 2.92. The molecular formula is C18H27NO3. The third-order valence-corrected chi connectivity index (χ3v) is 4.28. The molecule has 4 heteroatoms. The molecule has 0 aliphatic carbocycles. The number of carbonyl (C=O) groups excluding carboxylic acids is 1. The first kappa shape index (κ1) is 16.8. The Labute approximate surface area is 133 Å². The fraction of sp³-hybridized carbons (Fsp3) is 0.611. The van der Waals surface area contributed by atoms with Gasteiger partial charge in [-0.3, -0.25) is 4.90 Å². The van der Waals surface area contributed by atoms with E-state index in [1.165, 1.54) is 12.8 Å². The second-order valence-electron chi connectivity index (χ2n) is 6.02. The van der Waals surface area contributed by atoms with E-state index in [0.717, 1.165) is 18.7 Å². The van der Waals surface area contributed by atoms with Crippen molar-refractivity contribution in [2.24, 2.45) is 0 Å². The maximum absolute atomic E-state index is 12.0. The van der Waals surface area contributed by atoms with Crippen LogP contribution in [0.2, 0.25) is 0 Å². The molecule has 1 aromatic rings. The molecule has 0 aromatic heterocycles. The summed E-state index contributed by atoms with van der Waals surface area (Å²) in [6.45, 7) is 8.48. The molecule has 0 bridgehead atoms. The van der Waals surface area contributed by atoms with Crippen molar-refractivity contribution in [1.82, 2.24) is 4.90 Å². The molecule has 2 rings (SSSR count). The number of hydrogen-bond acceptors (Lipinski definition) is 4. The molecule has 0 N–H and O–H groups in total. The maximum Gasteiger partial charge on any atom is 0.338 e. The van der Waals surface area contributed by atoms with Gasteiger partial charge in [-0.05, 0) is 57.4 Å². The van der Waals surface area contributed by atoms with Gasteiger partial charge in [-0.2, -0.15) is 0 Å². The van der Waals surface area contributed by atoms with E-state index >= 15 is 0 Å². The number of ether oxygens (including phenoxy) is 2. The average molecular weight is 305 g/mol. The number of likely N-dealkylation sites (tertiary alicyclic amines) is 1. The molecule has 1 fully saturated rings. The second-order valence-corrected chi connectivity index (χ2v) is 6.02. The van der Waals surface area contributed by atoms with E-state index in [2.05, 4.69) is 25.7 Å². The van der Waals surface area contributed by atoms with E-state index in [1.54, 1.807) is 12.1 Å². The normalized spacial score (nSPS) is 21.8. The van der Waals surface area contributed by atoms with Crippen LogP contribution in [0.15, 0.2) is 24.3 Å². The van der Waals surface area contributed by atoms with E-state index < -0.39 is 0 Å². The minimum absolute atomic E-state index is 0.262. The molecule has 0 amide bonds. The largest absolute Gasteiger partial charge is 0.494 e. The summed E-state index contributed by atoms with van der Waals surface area (Å²) in [5.41, 5.74) is 0.575. The monoisotopic (exact) mass is 305 g/mol. The number of hydrogen-bond donors (Lipinski definition) is 0. The Morgan fingerprint density at radius 2 is 1.77 bits per heavy atom. The van der Waals surface area contributed by atoms with Crippen molar-refractivity contribution < 1.29 is 14.3 Å². The van der Waals surface area contributed by atoms with E-state index in [0.29, 0.717) is 30.9 Å². The van der Waals surface area contributed by atoms with Crippen molar-refractivity contribution >= 4 is 5.97 Å². The lowest BCUT2D eigenvalue weighted by atomic mass is 10.2. The number of esters is 1. The van der Waals surface area contributed by atoms with Gasteiger partial charge in [0.15, 0.2) is 0 Å². The van der Waals surface area contributed by atoms with Gasteiger partial charge in [0.1, 0.15) is 12.4 Å². The molecule has 1 aromatic carbocycles. The van der Waals surface area contributed by atoms with Crippen molar-refractivity contribution in [2.45, 2.75) is 52.1 Å². The van der Waals surface area contributed by atoms with Crippen molar-refractivity contribution in [3.05, 3.63) is 29.8 Å². The summed E-state index contributed by atoms with van der Waals surface area (Å²) < 4.78 is 10.9. The van der Waals surface area contributed by atoms with E-state index in [9.17, 15) is 4.79 Å². The summed E-state index contributed by atoms with van der Waals surface area (Å²) in [4.78, 5) is 14.4. The van der Waals surface area contributed by atoms with Crippen LogP contribution in [0.1, 0.15) is 50.4 Å². The number of benzene rings is 1. The Morgan fingerprint density at radius 1 is 1.14 bits per heavy atom. The zero-order chi connectivity index (χ0) is 15.9. The Bertz CT molecular complexity index is 462. The van der Waals surface area contributed by atoms with Gasteiger partial charge in [-0.25, -0.2) is 4.79 Å². The highest BCUT2D eigenvalue weighted by molar-refractivity contribution is 5.89.